The maximum absolute atomic E-state index is 4.43. The molecule has 0 bridgehead atoms. The predicted molar refractivity (Wildman–Crippen MR) is 67.2 cm³/mol. The van der Waals surface area contributed by atoms with Gasteiger partial charge in [0.05, 0.1) is 0 Å². The van der Waals surface area contributed by atoms with Crippen LogP contribution in [0.4, 0.5) is 0 Å². The number of hydrogen-bond acceptors (Lipinski definition) is 3. The molecule has 1 atom stereocenters. The summed E-state index contributed by atoms with van der Waals surface area (Å²) in [6.07, 6.45) is 0. The lowest BCUT2D eigenvalue weighted by atomic mass is 9.82. The molecule has 3 heteroatoms. The lowest BCUT2D eigenvalue weighted by Gasteiger charge is -2.27. The van der Waals surface area contributed by atoms with Gasteiger partial charge in [-0.25, -0.2) is 4.98 Å². The number of rotatable bonds is 4. The van der Waals surface area contributed by atoms with Crippen LogP contribution in [0.15, 0.2) is 5.38 Å². The predicted octanol–water partition coefficient (Wildman–Crippen LogP) is 3.22. The third-order valence-corrected chi connectivity index (χ3v) is 3.84. The molecule has 86 valence electrons. The summed E-state index contributed by atoms with van der Waals surface area (Å²) in [4.78, 5) is 4.43. The van der Waals surface area contributed by atoms with Gasteiger partial charge in [-0.15, -0.1) is 11.3 Å². The van der Waals surface area contributed by atoms with E-state index in [9.17, 15) is 0 Å². The van der Waals surface area contributed by atoms with E-state index in [0.29, 0.717) is 11.3 Å². The van der Waals surface area contributed by atoms with Gasteiger partial charge in [0.1, 0.15) is 5.01 Å². The zero-order valence-corrected chi connectivity index (χ0v) is 11.2. The van der Waals surface area contributed by atoms with Crippen LogP contribution in [-0.2, 0) is 6.54 Å². The van der Waals surface area contributed by atoms with E-state index in [0.717, 1.165) is 18.8 Å². The maximum atomic E-state index is 4.43. The quantitative estimate of drug-likeness (QED) is 0.852. The van der Waals surface area contributed by atoms with E-state index < -0.39 is 0 Å². The second-order valence-corrected chi connectivity index (χ2v) is 6.22. The molecule has 0 amide bonds. The van der Waals surface area contributed by atoms with Crippen molar-refractivity contribution >= 4 is 11.3 Å². The highest BCUT2D eigenvalue weighted by Crippen LogP contribution is 2.24. The molecular weight excluding hydrogens is 204 g/mol. The SMILES string of the molecule is Cc1csc(CNCC(C)C(C)(C)C)n1. The van der Waals surface area contributed by atoms with Crippen molar-refractivity contribution in [2.45, 2.75) is 41.2 Å². The lowest BCUT2D eigenvalue weighted by Crippen LogP contribution is -2.29. The molecule has 1 rings (SSSR count). The number of nitrogens with zero attached hydrogens (tertiary/aromatic N) is 1. The number of thiazole rings is 1. The average molecular weight is 226 g/mol. The Bertz CT molecular complexity index is 299. The molecule has 0 fully saturated rings. The minimum absolute atomic E-state index is 0.381. The summed E-state index contributed by atoms with van der Waals surface area (Å²) in [7, 11) is 0. The first kappa shape index (κ1) is 12.7. The fourth-order valence-electron chi connectivity index (χ4n) is 1.19. The van der Waals surface area contributed by atoms with Gasteiger partial charge in [0, 0.05) is 17.6 Å². The van der Waals surface area contributed by atoms with Crippen LogP contribution in [0.5, 0.6) is 0 Å². The van der Waals surface area contributed by atoms with E-state index >= 15 is 0 Å². The first-order valence-corrected chi connectivity index (χ1v) is 6.39. The smallest absolute Gasteiger partial charge is 0.107 e. The molecule has 0 aliphatic carbocycles. The van der Waals surface area contributed by atoms with E-state index in [1.165, 1.54) is 5.01 Å². The van der Waals surface area contributed by atoms with Crippen molar-refractivity contribution in [1.82, 2.24) is 10.3 Å². The van der Waals surface area contributed by atoms with Crippen molar-refractivity contribution in [3.05, 3.63) is 16.1 Å². The summed E-state index contributed by atoms with van der Waals surface area (Å²) in [5.41, 5.74) is 1.51. The second-order valence-electron chi connectivity index (χ2n) is 5.28. The van der Waals surface area contributed by atoms with Crippen molar-refractivity contribution in [2.24, 2.45) is 11.3 Å². The molecule has 0 spiro atoms. The van der Waals surface area contributed by atoms with Gasteiger partial charge in [0.25, 0.3) is 0 Å². The first-order valence-electron chi connectivity index (χ1n) is 5.51. The Balaban J connectivity index is 2.28. The molecule has 1 aromatic heterocycles. The molecular formula is C12H22N2S. The van der Waals surface area contributed by atoms with Crippen LogP contribution in [0, 0.1) is 18.3 Å². The van der Waals surface area contributed by atoms with Gasteiger partial charge in [-0.3, -0.25) is 0 Å². The van der Waals surface area contributed by atoms with Crippen molar-refractivity contribution in [2.75, 3.05) is 6.54 Å². The monoisotopic (exact) mass is 226 g/mol. The fourth-order valence-corrected chi connectivity index (χ4v) is 1.93. The molecule has 0 aliphatic heterocycles. The molecule has 0 aliphatic rings. The molecule has 0 radical (unpaired) electrons. The van der Waals surface area contributed by atoms with E-state index in [4.69, 9.17) is 0 Å². The summed E-state index contributed by atoms with van der Waals surface area (Å²) >= 11 is 1.74. The molecule has 0 saturated heterocycles. The highest BCUT2D eigenvalue weighted by atomic mass is 32.1. The van der Waals surface area contributed by atoms with Crippen LogP contribution in [0.2, 0.25) is 0 Å². The normalized spacial score (nSPS) is 14.2. The Morgan fingerprint density at radius 3 is 2.60 bits per heavy atom. The van der Waals surface area contributed by atoms with Gasteiger partial charge >= 0.3 is 0 Å². The highest BCUT2D eigenvalue weighted by molar-refractivity contribution is 7.09. The Hall–Kier alpha value is -0.410. The van der Waals surface area contributed by atoms with Gasteiger partial charge in [-0.05, 0) is 24.8 Å². The number of aryl methyl sites for hydroxylation is 1. The molecule has 0 saturated carbocycles. The second kappa shape index (κ2) is 5.08. The molecule has 2 nitrogen and oxygen atoms in total. The highest BCUT2D eigenvalue weighted by Gasteiger charge is 2.19. The Kier molecular flexibility index (Phi) is 4.29. The van der Waals surface area contributed by atoms with E-state index in [-0.39, 0.29) is 0 Å². The maximum Gasteiger partial charge on any atom is 0.107 e. The largest absolute Gasteiger partial charge is 0.310 e. The average Bonchev–Trinajstić information content (AvgIpc) is 2.49. The summed E-state index contributed by atoms with van der Waals surface area (Å²) in [6, 6.07) is 0. The third-order valence-electron chi connectivity index (χ3n) is 2.87. The Morgan fingerprint density at radius 1 is 1.47 bits per heavy atom. The molecule has 1 N–H and O–H groups in total. The van der Waals surface area contributed by atoms with Crippen molar-refractivity contribution in [1.29, 1.82) is 0 Å². The first-order chi connectivity index (χ1) is 6.89. The molecule has 1 unspecified atom stereocenters. The Labute approximate surface area is 97.1 Å². The van der Waals surface area contributed by atoms with Gasteiger partial charge in [0.2, 0.25) is 0 Å². The number of hydrogen-bond donors (Lipinski definition) is 1. The minimum Gasteiger partial charge on any atom is -0.310 e. The molecule has 1 aromatic rings. The minimum atomic E-state index is 0.381. The molecule has 15 heavy (non-hydrogen) atoms. The summed E-state index contributed by atoms with van der Waals surface area (Å²) < 4.78 is 0. The zero-order chi connectivity index (χ0) is 11.5. The summed E-state index contributed by atoms with van der Waals surface area (Å²) in [5, 5.41) is 6.76. The molecule has 0 aromatic carbocycles. The topological polar surface area (TPSA) is 24.9 Å². The van der Waals surface area contributed by atoms with Crippen molar-refractivity contribution in [3.8, 4) is 0 Å². The van der Waals surface area contributed by atoms with Crippen molar-refractivity contribution < 1.29 is 0 Å². The van der Waals surface area contributed by atoms with Crippen molar-refractivity contribution in [3.63, 3.8) is 0 Å². The Morgan fingerprint density at radius 2 is 2.13 bits per heavy atom. The van der Waals surface area contributed by atoms with Crippen LogP contribution in [0.1, 0.15) is 38.4 Å². The van der Waals surface area contributed by atoms with Crippen LogP contribution in [0.25, 0.3) is 0 Å². The summed E-state index contributed by atoms with van der Waals surface area (Å²) in [6.45, 7) is 13.1. The standard InChI is InChI=1S/C12H22N2S/c1-9(12(3,4)5)6-13-7-11-14-10(2)8-15-11/h8-9,13H,6-7H2,1-5H3. The van der Waals surface area contributed by atoms with Crippen LogP contribution < -0.4 is 5.32 Å². The van der Waals surface area contributed by atoms with Crippen LogP contribution >= 0.6 is 11.3 Å². The number of nitrogens with one attached hydrogen (secondary N) is 1. The van der Waals surface area contributed by atoms with E-state index in [1.54, 1.807) is 11.3 Å². The fraction of sp³-hybridized carbons (Fsp3) is 0.750. The lowest BCUT2D eigenvalue weighted by molar-refractivity contribution is 0.252. The van der Waals surface area contributed by atoms with E-state index in [1.807, 2.05) is 6.92 Å². The van der Waals surface area contributed by atoms with Gasteiger partial charge in [0.15, 0.2) is 0 Å². The number of aromatic nitrogens is 1. The van der Waals surface area contributed by atoms with Gasteiger partial charge in [-0.1, -0.05) is 27.7 Å². The van der Waals surface area contributed by atoms with Crippen LogP contribution in [-0.4, -0.2) is 11.5 Å². The van der Waals surface area contributed by atoms with Gasteiger partial charge in [-0.2, -0.15) is 0 Å². The van der Waals surface area contributed by atoms with Gasteiger partial charge < -0.3 is 5.32 Å². The molecule has 1 heterocycles. The van der Waals surface area contributed by atoms with E-state index in [2.05, 4.69) is 43.4 Å². The zero-order valence-electron chi connectivity index (χ0n) is 10.4. The summed E-state index contributed by atoms with van der Waals surface area (Å²) in [5.74, 6) is 0.679. The van der Waals surface area contributed by atoms with Crippen LogP contribution in [0.3, 0.4) is 0 Å². The third kappa shape index (κ3) is 4.31.